The molecule has 1 unspecified atom stereocenters. The molecule has 0 aliphatic heterocycles. The van der Waals surface area contributed by atoms with Gasteiger partial charge in [-0.1, -0.05) is 30.3 Å². The van der Waals surface area contributed by atoms with Gasteiger partial charge in [0.2, 0.25) is 10.0 Å². The summed E-state index contributed by atoms with van der Waals surface area (Å²) in [6, 6.07) is 22.6. The maximum absolute atomic E-state index is 13.2. The third kappa shape index (κ3) is 7.16. The van der Waals surface area contributed by atoms with Crippen LogP contribution in [-0.4, -0.2) is 40.5 Å². The number of methoxy groups -OCH3 is 2. The van der Waals surface area contributed by atoms with Gasteiger partial charge in [0.15, 0.2) is 6.29 Å². The predicted octanol–water partition coefficient (Wildman–Crippen LogP) is 5.21. The van der Waals surface area contributed by atoms with Crippen LogP contribution in [0, 0.1) is 11.3 Å². The van der Waals surface area contributed by atoms with Crippen molar-refractivity contribution in [3.05, 3.63) is 88.9 Å². The zero-order valence-electron chi connectivity index (χ0n) is 21.2. The fourth-order valence-electron chi connectivity index (χ4n) is 3.97. The van der Waals surface area contributed by atoms with Crippen LogP contribution in [0.15, 0.2) is 77.7 Å². The number of ether oxygens (including phenoxy) is 3. The number of aromatic nitrogens is 1. The lowest BCUT2D eigenvalue weighted by Gasteiger charge is -2.17. The Hall–Kier alpha value is -3.33. The summed E-state index contributed by atoms with van der Waals surface area (Å²) in [5, 5.41) is 9.93. The highest BCUT2D eigenvalue weighted by Gasteiger charge is 2.25. The van der Waals surface area contributed by atoms with Crippen LogP contribution in [0.3, 0.4) is 0 Å². The SMILES string of the molecule is COC(CCCOc1ccc2nc(C(Cc3cccc(C#N)c3)NS(=O)(=O)c3ccccc3)sc2c1)OC. The van der Waals surface area contributed by atoms with Crippen molar-refractivity contribution < 1.29 is 22.6 Å². The molecule has 0 amide bonds. The van der Waals surface area contributed by atoms with Gasteiger partial charge in [0, 0.05) is 20.6 Å². The number of rotatable bonds is 13. The molecule has 0 saturated carbocycles. The smallest absolute Gasteiger partial charge is 0.241 e. The van der Waals surface area contributed by atoms with Gasteiger partial charge in [-0.15, -0.1) is 11.3 Å². The maximum Gasteiger partial charge on any atom is 0.241 e. The molecule has 0 bridgehead atoms. The Morgan fingerprint density at radius 1 is 1.03 bits per heavy atom. The highest BCUT2D eigenvalue weighted by Crippen LogP contribution is 2.32. The number of sulfonamides is 1. The molecule has 198 valence electrons. The Kier molecular flexibility index (Phi) is 9.44. The first-order valence-corrected chi connectivity index (χ1v) is 14.4. The van der Waals surface area contributed by atoms with Gasteiger partial charge in [0.05, 0.1) is 39.4 Å². The average molecular weight is 552 g/mol. The van der Waals surface area contributed by atoms with Crippen LogP contribution < -0.4 is 9.46 Å². The normalized spacial score (nSPS) is 12.5. The Bertz CT molecular complexity index is 1500. The Morgan fingerprint density at radius 2 is 1.82 bits per heavy atom. The number of hydrogen-bond acceptors (Lipinski definition) is 8. The van der Waals surface area contributed by atoms with E-state index in [4.69, 9.17) is 19.2 Å². The fourth-order valence-corrected chi connectivity index (χ4v) is 6.31. The monoisotopic (exact) mass is 551 g/mol. The van der Waals surface area contributed by atoms with Gasteiger partial charge in [0.1, 0.15) is 10.8 Å². The van der Waals surface area contributed by atoms with Crippen LogP contribution in [0.4, 0.5) is 0 Å². The number of thiazole rings is 1. The summed E-state index contributed by atoms with van der Waals surface area (Å²) in [5.41, 5.74) is 2.10. The van der Waals surface area contributed by atoms with Crippen LogP contribution in [0.5, 0.6) is 5.75 Å². The molecule has 10 heteroatoms. The van der Waals surface area contributed by atoms with Crippen molar-refractivity contribution in [1.29, 1.82) is 5.26 Å². The Morgan fingerprint density at radius 3 is 2.55 bits per heavy atom. The first-order chi connectivity index (χ1) is 18.4. The third-order valence-electron chi connectivity index (χ3n) is 5.90. The number of nitrogens with one attached hydrogen (secondary N) is 1. The Balaban J connectivity index is 1.57. The number of benzene rings is 3. The van der Waals surface area contributed by atoms with Crippen LogP contribution in [0.25, 0.3) is 10.2 Å². The molecule has 1 atom stereocenters. The summed E-state index contributed by atoms with van der Waals surface area (Å²) >= 11 is 1.41. The zero-order valence-corrected chi connectivity index (χ0v) is 22.8. The summed E-state index contributed by atoms with van der Waals surface area (Å²) in [6.45, 7) is 0.509. The van der Waals surface area contributed by atoms with Gasteiger partial charge in [-0.25, -0.2) is 18.1 Å². The molecule has 0 radical (unpaired) electrons. The van der Waals surface area contributed by atoms with Gasteiger partial charge >= 0.3 is 0 Å². The number of fused-ring (bicyclic) bond motifs is 1. The summed E-state index contributed by atoms with van der Waals surface area (Å²) in [5.74, 6) is 0.710. The highest BCUT2D eigenvalue weighted by atomic mass is 32.2. The van der Waals surface area contributed by atoms with E-state index >= 15 is 0 Å². The third-order valence-corrected chi connectivity index (χ3v) is 8.52. The van der Waals surface area contributed by atoms with Crippen LogP contribution in [0.1, 0.15) is 35.0 Å². The van der Waals surface area contributed by atoms with Crippen molar-refractivity contribution in [2.45, 2.75) is 36.5 Å². The lowest BCUT2D eigenvalue weighted by molar-refractivity contribution is -0.107. The lowest BCUT2D eigenvalue weighted by atomic mass is 10.0. The second kappa shape index (κ2) is 13.0. The number of nitriles is 1. The van der Waals surface area contributed by atoms with Gasteiger partial charge < -0.3 is 14.2 Å². The standard InChI is InChI=1S/C28H29N3O5S2/c1-34-27(35-2)12-7-15-36-22-13-14-24-26(18-22)37-28(30-24)25(17-20-8-6-9-21(16-20)19-29)31-38(32,33)23-10-4-3-5-11-23/h3-6,8-11,13-14,16,18,25,27,31H,7,12,15,17H2,1-2H3. The minimum absolute atomic E-state index is 0.178. The molecule has 1 heterocycles. The molecule has 8 nitrogen and oxygen atoms in total. The van der Waals surface area contributed by atoms with E-state index < -0.39 is 16.1 Å². The molecular weight excluding hydrogens is 522 g/mol. The van der Waals surface area contributed by atoms with E-state index in [1.807, 2.05) is 24.3 Å². The van der Waals surface area contributed by atoms with Crippen molar-refractivity contribution in [3.63, 3.8) is 0 Å². The van der Waals surface area contributed by atoms with Crippen LogP contribution >= 0.6 is 11.3 Å². The molecule has 1 aromatic heterocycles. The van der Waals surface area contributed by atoms with Gasteiger partial charge in [-0.05, 0) is 60.9 Å². The van der Waals surface area contributed by atoms with Crippen LogP contribution in [-0.2, 0) is 25.9 Å². The number of hydrogen-bond donors (Lipinski definition) is 1. The Labute approximate surface area is 226 Å². The molecule has 4 aromatic rings. The maximum atomic E-state index is 13.2. The molecule has 0 aliphatic carbocycles. The van der Waals surface area contributed by atoms with Crippen molar-refractivity contribution in [1.82, 2.24) is 9.71 Å². The topological polar surface area (TPSA) is 111 Å². The van der Waals surface area contributed by atoms with Gasteiger partial charge in [-0.2, -0.15) is 5.26 Å². The molecule has 0 aliphatic rings. The second-order valence-electron chi connectivity index (χ2n) is 8.58. The summed E-state index contributed by atoms with van der Waals surface area (Å²) in [7, 11) is -0.591. The molecule has 0 fully saturated rings. The molecule has 4 rings (SSSR count). The van der Waals surface area contributed by atoms with Crippen molar-refractivity contribution in [3.8, 4) is 11.8 Å². The van der Waals surface area contributed by atoms with E-state index in [2.05, 4.69) is 10.8 Å². The quantitative estimate of drug-likeness (QED) is 0.179. The molecule has 1 N–H and O–H groups in total. The molecule has 0 spiro atoms. The van der Waals surface area contributed by atoms with E-state index in [0.29, 0.717) is 29.3 Å². The van der Waals surface area contributed by atoms with Crippen molar-refractivity contribution >= 4 is 31.6 Å². The van der Waals surface area contributed by atoms with E-state index in [1.54, 1.807) is 62.8 Å². The second-order valence-corrected chi connectivity index (χ2v) is 11.4. The van der Waals surface area contributed by atoms with Gasteiger partial charge in [0.25, 0.3) is 0 Å². The highest BCUT2D eigenvalue weighted by molar-refractivity contribution is 7.89. The average Bonchev–Trinajstić information content (AvgIpc) is 3.37. The minimum atomic E-state index is -3.81. The summed E-state index contributed by atoms with van der Waals surface area (Å²) in [6.07, 6.45) is 1.57. The number of nitrogens with zero attached hydrogens (tertiary/aromatic N) is 2. The fraction of sp³-hybridized carbons (Fsp3) is 0.286. The summed E-state index contributed by atoms with van der Waals surface area (Å²) in [4.78, 5) is 4.93. The minimum Gasteiger partial charge on any atom is -0.494 e. The largest absolute Gasteiger partial charge is 0.494 e. The molecule has 3 aromatic carbocycles. The first-order valence-electron chi connectivity index (χ1n) is 12.1. The molecule has 38 heavy (non-hydrogen) atoms. The first kappa shape index (κ1) is 27.7. The summed E-state index contributed by atoms with van der Waals surface area (Å²) < 4.78 is 46.5. The predicted molar refractivity (Wildman–Crippen MR) is 147 cm³/mol. The van der Waals surface area contributed by atoms with Gasteiger partial charge in [-0.3, -0.25) is 0 Å². The van der Waals surface area contributed by atoms with Crippen LogP contribution in [0.2, 0.25) is 0 Å². The van der Waals surface area contributed by atoms with E-state index in [9.17, 15) is 13.7 Å². The zero-order chi connectivity index (χ0) is 27.0. The van der Waals surface area contributed by atoms with E-state index in [1.165, 1.54) is 11.3 Å². The molecular formula is C28H29N3O5S2. The van der Waals surface area contributed by atoms with Crippen molar-refractivity contribution in [2.75, 3.05) is 20.8 Å². The molecule has 0 saturated heterocycles. The van der Waals surface area contributed by atoms with E-state index in [-0.39, 0.29) is 11.2 Å². The van der Waals surface area contributed by atoms with Crippen molar-refractivity contribution in [2.24, 2.45) is 0 Å². The lowest BCUT2D eigenvalue weighted by Crippen LogP contribution is -2.30. The van der Waals surface area contributed by atoms with E-state index in [0.717, 1.165) is 28.6 Å².